The minimum absolute atomic E-state index is 0.0987. The molecule has 0 unspecified atom stereocenters. The summed E-state index contributed by atoms with van der Waals surface area (Å²) in [6.07, 6.45) is 2.68. The molecule has 0 bridgehead atoms. The molecule has 0 atom stereocenters. The second-order valence-corrected chi connectivity index (χ2v) is 11.0. The fourth-order valence-corrected chi connectivity index (χ4v) is 6.18. The minimum atomic E-state index is -3.40. The number of benzene rings is 3. The van der Waals surface area contributed by atoms with Crippen LogP contribution in [0.5, 0.6) is 5.75 Å². The van der Waals surface area contributed by atoms with E-state index in [-0.39, 0.29) is 18.4 Å². The molecule has 0 aromatic heterocycles. The molecule has 2 N–H and O–H groups in total. The van der Waals surface area contributed by atoms with Crippen LogP contribution in [0.2, 0.25) is 0 Å². The molecule has 2 aliphatic rings. The summed E-state index contributed by atoms with van der Waals surface area (Å²) in [5.74, 6) is 0.918. The quantitative estimate of drug-likeness (QED) is 0.554. The lowest BCUT2D eigenvalue weighted by atomic mass is 10.0. The van der Waals surface area contributed by atoms with Gasteiger partial charge >= 0.3 is 0 Å². The summed E-state index contributed by atoms with van der Waals surface area (Å²) >= 11 is 0. The molecule has 3 aromatic rings. The molecule has 0 radical (unpaired) electrons. The number of rotatable bonds is 5. The zero-order valence-electron chi connectivity index (χ0n) is 18.8. The van der Waals surface area contributed by atoms with Crippen LogP contribution in [-0.2, 0) is 23.0 Å². The summed E-state index contributed by atoms with van der Waals surface area (Å²) in [5.41, 5.74) is 4.06. The summed E-state index contributed by atoms with van der Waals surface area (Å²) in [4.78, 5) is 0. The van der Waals surface area contributed by atoms with E-state index < -0.39 is 10.0 Å². The first kappa shape index (κ1) is 21.9. The van der Waals surface area contributed by atoms with Crippen molar-refractivity contribution in [3.8, 4) is 5.75 Å². The van der Waals surface area contributed by atoms with Gasteiger partial charge in [-0.3, -0.25) is 4.31 Å². The fraction of sp³-hybridized carbons (Fsp3) is 0.346. The van der Waals surface area contributed by atoms with Crippen molar-refractivity contribution >= 4 is 32.2 Å². The van der Waals surface area contributed by atoms with E-state index in [4.69, 9.17) is 10.1 Å². The Morgan fingerprint density at radius 2 is 1.85 bits per heavy atom. The van der Waals surface area contributed by atoms with E-state index in [9.17, 15) is 8.42 Å². The van der Waals surface area contributed by atoms with Crippen molar-refractivity contribution in [2.24, 2.45) is 0 Å². The smallest absolute Gasteiger partial charge is 0.235 e. The lowest BCUT2D eigenvalue weighted by Crippen LogP contribution is -2.37. The standard InChI is InChI=1S/C26H29N3O3S/c1-18(27)21-5-4-20-3-2-19(14-23(20)15-21)17-29-26-7-6-25(32-24-8-11-28-12-9-24)16-22(26)10-13-33(29,30)31/h2-7,14-16,24,27-28H,8-13,17H2,1H3. The number of fused-ring (bicyclic) bond motifs is 2. The summed E-state index contributed by atoms with van der Waals surface area (Å²) < 4.78 is 33.7. The number of hydrogen-bond acceptors (Lipinski definition) is 5. The highest BCUT2D eigenvalue weighted by Gasteiger charge is 2.30. The average molecular weight is 464 g/mol. The van der Waals surface area contributed by atoms with Gasteiger partial charge in [-0.1, -0.05) is 24.3 Å². The van der Waals surface area contributed by atoms with Gasteiger partial charge in [-0.15, -0.1) is 0 Å². The number of nitrogens with one attached hydrogen (secondary N) is 2. The molecule has 0 aliphatic carbocycles. The van der Waals surface area contributed by atoms with Gasteiger partial charge < -0.3 is 15.5 Å². The molecule has 1 fully saturated rings. The number of piperidine rings is 1. The zero-order valence-corrected chi connectivity index (χ0v) is 19.6. The second kappa shape index (κ2) is 8.80. The maximum atomic E-state index is 13.0. The minimum Gasteiger partial charge on any atom is -0.490 e. The Kier molecular flexibility index (Phi) is 5.85. The maximum absolute atomic E-state index is 13.0. The van der Waals surface area contributed by atoms with Gasteiger partial charge in [-0.25, -0.2) is 8.42 Å². The first-order chi connectivity index (χ1) is 15.9. The van der Waals surface area contributed by atoms with Gasteiger partial charge in [-0.2, -0.15) is 0 Å². The average Bonchev–Trinajstić information content (AvgIpc) is 2.81. The van der Waals surface area contributed by atoms with Crippen molar-refractivity contribution in [1.82, 2.24) is 5.32 Å². The van der Waals surface area contributed by atoms with Gasteiger partial charge in [0, 0.05) is 5.71 Å². The summed E-state index contributed by atoms with van der Waals surface area (Å²) in [5, 5.41) is 13.3. The summed E-state index contributed by atoms with van der Waals surface area (Å²) in [6, 6.07) is 17.8. The lowest BCUT2D eigenvalue weighted by molar-refractivity contribution is 0.162. The van der Waals surface area contributed by atoms with E-state index in [1.54, 1.807) is 6.92 Å². The Labute approximate surface area is 195 Å². The number of hydrogen-bond donors (Lipinski definition) is 2. The summed E-state index contributed by atoms with van der Waals surface area (Å²) in [7, 11) is -3.40. The molecule has 172 valence electrons. The molecule has 6 nitrogen and oxygen atoms in total. The molecular weight excluding hydrogens is 434 g/mol. The van der Waals surface area contributed by atoms with Crippen LogP contribution >= 0.6 is 0 Å². The van der Waals surface area contributed by atoms with Gasteiger partial charge in [0.05, 0.1) is 18.0 Å². The zero-order chi connectivity index (χ0) is 23.0. The van der Waals surface area contributed by atoms with E-state index in [2.05, 4.69) is 5.32 Å². The van der Waals surface area contributed by atoms with E-state index in [0.717, 1.165) is 64.8 Å². The number of aryl methyl sites for hydroxylation is 1. The number of ether oxygens (including phenoxy) is 1. The molecule has 3 aromatic carbocycles. The molecular formula is C26H29N3O3S. The first-order valence-corrected chi connectivity index (χ1v) is 13.1. The van der Waals surface area contributed by atoms with Crippen LogP contribution in [0.1, 0.15) is 36.5 Å². The van der Waals surface area contributed by atoms with Crippen molar-refractivity contribution in [1.29, 1.82) is 5.41 Å². The number of anilines is 1. The van der Waals surface area contributed by atoms with E-state index in [0.29, 0.717) is 12.1 Å². The Bertz CT molecular complexity index is 1310. The highest BCUT2D eigenvalue weighted by molar-refractivity contribution is 7.92. The summed E-state index contributed by atoms with van der Waals surface area (Å²) in [6.45, 7) is 3.99. The topological polar surface area (TPSA) is 82.5 Å². The molecule has 33 heavy (non-hydrogen) atoms. The monoisotopic (exact) mass is 463 g/mol. The molecule has 0 amide bonds. The van der Waals surface area contributed by atoms with Crippen LogP contribution in [0.3, 0.4) is 0 Å². The maximum Gasteiger partial charge on any atom is 0.235 e. The molecule has 1 saturated heterocycles. The predicted octanol–water partition coefficient (Wildman–Crippen LogP) is 4.25. The first-order valence-electron chi connectivity index (χ1n) is 11.5. The SMILES string of the molecule is CC(=N)c1ccc2ccc(CN3c4ccc(OC5CCNCC5)cc4CCS3(=O)=O)cc2c1. The predicted molar refractivity (Wildman–Crippen MR) is 133 cm³/mol. The number of sulfonamides is 1. The van der Waals surface area contributed by atoms with Gasteiger partial charge in [0.25, 0.3) is 0 Å². The molecule has 2 aliphatic heterocycles. The van der Waals surface area contributed by atoms with Gasteiger partial charge in [-0.05, 0) is 97.1 Å². The van der Waals surface area contributed by atoms with Crippen LogP contribution in [-0.4, -0.2) is 39.1 Å². The van der Waals surface area contributed by atoms with Crippen molar-refractivity contribution in [2.45, 2.75) is 38.8 Å². The Balaban J connectivity index is 1.43. The Hall–Kier alpha value is -2.90. The molecule has 7 heteroatoms. The third-order valence-electron chi connectivity index (χ3n) is 6.54. The van der Waals surface area contributed by atoms with Crippen molar-refractivity contribution < 1.29 is 13.2 Å². The molecule has 5 rings (SSSR count). The van der Waals surface area contributed by atoms with Gasteiger partial charge in [0.15, 0.2) is 0 Å². The van der Waals surface area contributed by atoms with E-state index in [1.807, 2.05) is 54.6 Å². The molecule has 2 heterocycles. The lowest BCUT2D eigenvalue weighted by Gasteiger charge is -2.31. The van der Waals surface area contributed by atoms with Crippen LogP contribution in [0.4, 0.5) is 5.69 Å². The van der Waals surface area contributed by atoms with Gasteiger partial charge in [0.1, 0.15) is 11.9 Å². The Morgan fingerprint density at radius 3 is 2.64 bits per heavy atom. The van der Waals surface area contributed by atoms with Crippen LogP contribution < -0.4 is 14.4 Å². The van der Waals surface area contributed by atoms with Crippen LogP contribution in [0, 0.1) is 5.41 Å². The van der Waals surface area contributed by atoms with Crippen molar-refractivity contribution in [3.63, 3.8) is 0 Å². The fourth-order valence-electron chi connectivity index (χ4n) is 4.66. The van der Waals surface area contributed by atoms with E-state index >= 15 is 0 Å². The third-order valence-corrected chi connectivity index (χ3v) is 8.25. The van der Waals surface area contributed by atoms with Crippen molar-refractivity contribution in [2.75, 3.05) is 23.1 Å². The van der Waals surface area contributed by atoms with Crippen LogP contribution in [0.25, 0.3) is 10.8 Å². The normalized spacial score (nSPS) is 18.2. The Morgan fingerprint density at radius 1 is 1.06 bits per heavy atom. The largest absolute Gasteiger partial charge is 0.490 e. The highest BCUT2D eigenvalue weighted by Crippen LogP contribution is 2.34. The van der Waals surface area contributed by atoms with Crippen molar-refractivity contribution in [3.05, 3.63) is 71.3 Å². The van der Waals surface area contributed by atoms with E-state index in [1.165, 1.54) is 4.31 Å². The van der Waals surface area contributed by atoms with Gasteiger partial charge in [0.2, 0.25) is 10.0 Å². The molecule has 0 spiro atoms. The third kappa shape index (κ3) is 4.61. The highest BCUT2D eigenvalue weighted by atomic mass is 32.2. The molecule has 0 saturated carbocycles. The number of nitrogens with zero attached hydrogens (tertiary/aromatic N) is 1. The van der Waals surface area contributed by atoms with Crippen LogP contribution in [0.15, 0.2) is 54.6 Å². The second-order valence-electron chi connectivity index (χ2n) is 8.95.